The van der Waals surface area contributed by atoms with Crippen LogP contribution in [-0.4, -0.2) is 43.5 Å². The number of hydrogen-bond acceptors (Lipinski definition) is 5. The summed E-state index contributed by atoms with van der Waals surface area (Å²) in [6, 6.07) is 6.16. The van der Waals surface area contributed by atoms with E-state index < -0.39 is 0 Å². The van der Waals surface area contributed by atoms with Crippen LogP contribution in [0, 0.1) is 0 Å². The lowest BCUT2D eigenvalue weighted by Crippen LogP contribution is -2.39. The lowest BCUT2D eigenvalue weighted by molar-refractivity contribution is 0.271. The van der Waals surface area contributed by atoms with E-state index in [-0.39, 0.29) is 23.9 Å². The van der Waals surface area contributed by atoms with Gasteiger partial charge in [-0.3, -0.25) is 0 Å². The van der Waals surface area contributed by atoms with Crippen molar-refractivity contribution in [1.29, 1.82) is 0 Å². The van der Waals surface area contributed by atoms with Crippen LogP contribution in [0.1, 0.15) is 25.5 Å². The van der Waals surface area contributed by atoms with Gasteiger partial charge in [0.05, 0.1) is 20.8 Å². The van der Waals surface area contributed by atoms with Gasteiger partial charge in [-0.2, -0.15) is 11.8 Å². The van der Waals surface area contributed by atoms with Crippen molar-refractivity contribution in [3.63, 3.8) is 0 Å². The van der Waals surface area contributed by atoms with E-state index in [0.29, 0.717) is 0 Å². The smallest absolute Gasteiger partial charge is 0.127 e. The van der Waals surface area contributed by atoms with Crippen molar-refractivity contribution in [1.82, 2.24) is 5.32 Å². The first-order chi connectivity index (χ1) is 9.57. The van der Waals surface area contributed by atoms with Gasteiger partial charge in [0, 0.05) is 29.0 Å². The zero-order valence-corrected chi connectivity index (χ0v) is 13.7. The van der Waals surface area contributed by atoms with E-state index in [9.17, 15) is 5.11 Å². The summed E-state index contributed by atoms with van der Waals surface area (Å²) < 4.78 is 10.6. The quantitative estimate of drug-likeness (QED) is 0.772. The maximum absolute atomic E-state index is 9.35. The SMILES string of the molecule is COc1ccc(C(C)NC(C)C(CO)SC)c(OC)c1. The Kier molecular flexibility index (Phi) is 7.19. The number of aliphatic hydroxyl groups excluding tert-OH is 1. The van der Waals surface area contributed by atoms with Crippen LogP contribution in [-0.2, 0) is 0 Å². The van der Waals surface area contributed by atoms with Gasteiger partial charge in [0.15, 0.2) is 0 Å². The van der Waals surface area contributed by atoms with Gasteiger partial charge in [-0.1, -0.05) is 6.07 Å². The predicted molar refractivity (Wildman–Crippen MR) is 84.9 cm³/mol. The van der Waals surface area contributed by atoms with Crippen LogP contribution >= 0.6 is 11.8 Å². The molecule has 0 saturated carbocycles. The molecule has 0 saturated heterocycles. The standard InChI is InChI=1S/C15H25NO3S/c1-10(16-11(2)15(9-17)20-5)13-7-6-12(18-3)8-14(13)19-4/h6-8,10-11,15-17H,9H2,1-5H3. The number of ether oxygens (including phenoxy) is 2. The molecule has 0 aromatic heterocycles. The van der Waals surface area contributed by atoms with Gasteiger partial charge >= 0.3 is 0 Å². The molecule has 0 radical (unpaired) electrons. The van der Waals surface area contributed by atoms with Gasteiger partial charge in [-0.05, 0) is 26.2 Å². The summed E-state index contributed by atoms with van der Waals surface area (Å²) in [4.78, 5) is 0. The van der Waals surface area contributed by atoms with E-state index in [0.717, 1.165) is 17.1 Å². The molecule has 4 nitrogen and oxygen atoms in total. The first-order valence-electron chi connectivity index (χ1n) is 6.69. The molecule has 0 aliphatic heterocycles. The first-order valence-corrected chi connectivity index (χ1v) is 7.97. The van der Waals surface area contributed by atoms with Crippen LogP contribution in [0.3, 0.4) is 0 Å². The van der Waals surface area contributed by atoms with Crippen molar-refractivity contribution in [2.75, 3.05) is 27.1 Å². The van der Waals surface area contributed by atoms with E-state index in [1.165, 1.54) is 0 Å². The molecule has 3 unspecified atom stereocenters. The Morgan fingerprint density at radius 3 is 2.45 bits per heavy atom. The minimum absolute atomic E-state index is 0.132. The minimum atomic E-state index is 0.132. The van der Waals surface area contributed by atoms with Gasteiger partial charge in [0.25, 0.3) is 0 Å². The van der Waals surface area contributed by atoms with Crippen LogP contribution < -0.4 is 14.8 Å². The summed E-state index contributed by atoms with van der Waals surface area (Å²) in [5.74, 6) is 1.59. The first kappa shape index (κ1) is 17.1. The Balaban J connectivity index is 2.83. The largest absolute Gasteiger partial charge is 0.497 e. The van der Waals surface area contributed by atoms with Crippen LogP contribution in [0.5, 0.6) is 11.5 Å². The maximum Gasteiger partial charge on any atom is 0.127 e. The Morgan fingerprint density at radius 2 is 1.95 bits per heavy atom. The summed E-state index contributed by atoms with van der Waals surface area (Å²) in [7, 11) is 3.30. The molecule has 0 aliphatic carbocycles. The third kappa shape index (κ3) is 4.30. The normalized spacial score (nSPS) is 15.5. The molecular weight excluding hydrogens is 274 g/mol. The maximum atomic E-state index is 9.35. The molecule has 0 heterocycles. The second-order valence-electron chi connectivity index (χ2n) is 4.74. The molecule has 0 fully saturated rings. The Morgan fingerprint density at radius 1 is 1.25 bits per heavy atom. The topological polar surface area (TPSA) is 50.7 Å². The molecule has 0 bridgehead atoms. The molecule has 5 heteroatoms. The number of hydrogen-bond donors (Lipinski definition) is 2. The number of rotatable bonds is 8. The second-order valence-corrected chi connectivity index (χ2v) is 5.82. The fourth-order valence-corrected chi connectivity index (χ4v) is 2.84. The van der Waals surface area contributed by atoms with Crippen molar-refractivity contribution >= 4 is 11.8 Å². The van der Waals surface area contributed by atoms with E-state index in [4.69, 9.17) is 9.47 Å². The molecule has 1 rings (SSSR count). The zero-order valence-electron chi connectivity index (χ0n) is 12.8. The highest BCUT2D eigenvalue weighted by Gasteiger charge is 2.19. The molecule has 3 atom stereocenters. The highest BCUT2D eigenvalue weighted by atomic mass is 32.2. The number of thioether (sulfide) groups is 1. The van der Waals surface area contributed by atoms with Gasteiger partial charge in [0.1, 0.15) is 11.5 Å². The Hall–Kier alpha value is -0.910. The summed E-state index contributed by atoms with van der Waals surface area (Å²) in [5.41, 5.74) is 1.08. The molecule has 0 amide bonds. The minimum Gasteiger partial charge on any atom is -0.497 e. The molecule has 1 aromatic carbocycles. The Bertz CT molecular complexity index is 410. The van der Waals surface area contributed by atoms with Crippen LogP contribution in [0.4, 0.5) is 0 Å². The monoisotopic (exact) mass is 299 g/mol. The van der Waals surface area contributed by atoms with E-state index in [1.807, 2.05) is 24.5 Å². The van der Waals surface area contributed by atoms with Gasteiger partial charge < -0.3 is 19.9 Å². The highest BCUT2D eigenvalue weighted by Crippen LogP contribution is 2.30. The number of nitrogens with one attached hydrogen (secondary N) is 1. The fraction of sp³-hybridized carbons (Fsp3) is 0.600. The fourth-order valence-electron chi connectivity index (χ4n) is 2.20. The summed E-state index contributed by atoms with van der Waals surface area (Å²) in [5, 5.41) is 13.0. The van der Waals surface area contributed by atoms with E-state index in [1.54, 1.807) is 26.0 Å². The molecule has 0 aliphatic rings. The molecule has 2 N–H and O–H groups in total. The molecule has 0 spiro atoms. The second kappa shape index (κ2) is 8.39. The number of aliphatic hydroxyl groups is 1. The van der Waals surface area contributed by atoms with Crippen molar-refractivity contribution in [3.05, 3.63) is 23.8 Å². The summed E-state index contributed by atoms with van der Waals surface area (Å²) in [6.45, 7) is 4.35. The van der Waals surface area contributed by atoms with Gasteiger partial charge in [0.2, 0.25) is 0 Å². The number of methoxy groups -OCH3 is 2. The average Bonchev–Trinajstić information content (AvgIpc) is 2.47. The van der Waals surface area contributed by atoms with E-state index >= 15 is 0 Å². The highest BCUT2D eigenvalue weighted by molar-refractivity contribution is 7.99. The predicted octanol–water partition coefficient (Wildman–Crippen LogP) is 2.47. The van der Waals surface area contributed by atoms with E-state index in [2.05, 4.69) is 19.2 Å². The third-order valence-electron chi connectivity index (χ3n) is 3.46. The average molecular weight is 299 g/mol. The third-order valence-corrected chi connectivity index (χ3v) is 4.62. The summed E-state index contributed by atoms with van der Waals surface area (Å²) in [6.07, 6.45) is 2.01. The van der Waals surface area contributed by atoms with Crippen molar-refractivity contribution in [2.45, 2.75) is 31.2 Å². The molecule has 114 valence electrons. The summed E-state index contributed by atoms with van der Waals surface area (Å²) >= 11 is 1.67. The zero-order chi connectivity index (χ0) is 15.1. The van der Waals surface area contributed by atoms with Crippen molar-refractivity contribution in [3.8, 4) is 11.5 Å². The van der Waals surface area contributed by atoms with Crippen LogP contribution in [0.15, 0.2) is 18.2 Å². The van der Waals surface area contributed by atoms with Crippen molar-refractivity contribution in [2.24, 2.45) is 0 Å². The number of benzene rings is 1. The van der Waals surface area contributed by atoms with Gasteiger partial charge in [-0.15, -0.1) is 0 Å². The van der Waals surface area contributed by atoms with Gasteiger partial charge in [-0.25, -0.2) is 0 Å². The lowest BCUT2D eigenvalue weighted by Gasteiger charge is -2.26. The van der Waals surface area contributed by atoms with Crippen LogP contribution in [0.2, 0.25) is 0 Å². The Labute approximate surface area is 125 Å². The lowest BCUT2D eigenvalue weighted by atomic mass is 10.1. The van der Waals surface area contributed by atoms with Crippen LogP contribution in [0.25, 0.3) is 0 Å². The van der Waals surface area contributed by atoms with Crippen molar-refractivity contribution < 1.29 is 14.6 Å². The molecule has 20 heavy (non-hydrogen) atoms. The molecule has 1 aromatic rings. The molecular formula is C15H25NO3S.